The van der Waals surface area contributed by atoms with Crippen LogP contribution in [0.25, 0.3) is 22.2 Å². The number of para-hydroxylation sites is 1. The largest absolute Gasteiger partial charge is 0.356 e. The van der Waals surface area contributed by atoms with Crippen molar-refractivity contribution in [1.82, 2.24) is 9.55 Å². The smallest absolute Gasteiger partial charge is 0.204 e. The molecule has 0 saturated heterocycles. The summed E-state index contributed by atoms with van der Waals surface area (Å²) in [6.07, 6.45) is 6.44. The number of unbranched alkanes of at least 4 members (excludes halogenated alkanes) is 4. The summed E-state index contributed by atoms with van der Waals surface area (Å²) in [5.74, 6) is 1.00. The maximum Gasteiger partial charge on any atom is 0.204 e. The van der Waals surface area contributed by atoms with Gasteiger partial charge >= 0.3 is 0 Å². The second-order valence-electron chi connectivity index (χ2n) is 8.69. The molecule has 0 unspecified atom stereocenters. The quantitative estimate of drug-likeness (QED) is 0.381. The number of rotatable bonds is 9. The molecule has 0 aliphatic carbocycles. The molecule has 0 aliphatic heterocycles. The van der Waals surface area contributed by atoms with Gasteiger partial charge in [0.25, 0.3) is 0 Å². The van der Waals surface area contributed by atoms with Gasteiger partial charge in [0.15, 0.2) is 0 Å². The lowest BCUT2D eigenvalue weighted by atomic mass is 9.93. The Labute approximate surface area is 176 Å². The van der Waals surface area contributed by atoms with Crippen LogP contribution in [0.1, 0.15) is 75.6 Å². The lowest BCUT2D eigenvalue weighted by Gasteiger charge is -2.15. The van der Waals surface area contributed by atoms with E-state index in [-0.39, 0.29) is 0 Å². The number of nitrogens with one attached hydrogen (secondary N) is 1. The van der Waals surface area contributed by atoms with Crippen molar-refractivity contribution >= 4 is 17.0 Å². The Morgan fingerprint density at radius 3 is 2.31 bits per heavy atom. The molecule has 0 saturated carbocycles. The first-order valence-corrected chi connectivity index (χ1v) is 11.3. The zero-order chi connectivity index (χ0) is 21.0. The van der Waals surface area contributed by atoms with E-state index in [9.17, 15) is 0 Å². The molecule has 2 aromatic carbocycles. The SMILES string of the molecule is CCCCCCCNc1nc2c(-c3c(C)cc(C)cc3C)cccc2n1C(C)C. The first-order valence-electron chi connectivity index (χ1n) is 11.3. The van der Waals surface area contributed by atoms with Gasteiger partial charge < -0.3 is 9.88 Å². The fraction of sp³-hybridized carbons (Fsp3) is 0.500. The van der Waals surface area contributed by atoms with E-state index >= 15 is 0 Å². The minimum absolute atomic E-state index is 0.359. The highest BCUT2D eigenvalue weighted by Gasteiger charge is 2.18. The number of anilines is 1. The predicted molar refractivity (Wildman–Crippen MR) is 127 cm³/mol. The molecule has 3 aromatic rings. The van der Waals surface area contributed by atoms with Crippen LogP contribution in [0.3, 0.4) is 0 Å². The molecule has 0 bridgehead atoms. The van der Waals surface area contributed by atoms with E-state index in [1.807, 2.05) is 0 Å². The van der Waals surface area contributed by atoms with E-state index in [1.54, 1.807) is 0 Å². The molecule has 0 aliphatic rings. The van der Waals surface area contributed by atoms with Crippen LogP contribution in [0.2, 0.25) is 0 Å². The minimum atomic E-state index is 0.359. The Morgan fingerprint density at radius 1 is 0.966 bits per heavy atom. The third kappa shape index (κ3) is 4.66. The van der Waals surface area contributed by atoms with E-state index < -0.39 is 0 Å². The molecule has 0 radical (unpaired) electrons. The standard InChI is InChI=1S/C26H37N3/c1-7-8-9-10-11-15-27-26-28-25-22(13-12-14-23(25)29(26)18(2)3)24-20(5)16-19(4)17-21(24)6/h12-14,16-18H,7-11,15H2,1-6H3,(H,27,28). The predicted octanol–water partition coefficient (Wildman–Crippen LogP) is 7.59. The molecular weight excluding hydrogens is 354 g/mol. The van der Waals surface area contributed by atoms with Crippen molar-refractivity contribution in [2.45, 2.75) is 79.7 Å². The summed E-state index contributed by atoms with van der Waals surface area (Å²) in [4.78, 5) is 5.10. The number of aromatic nitrogens is 2. The van der Waals surface area contributed by atoms with Gasteiger partial charge in [-0.1, -0.05) is 62.4 Å². The van der Waals surface area contributed by atoms with Crippen LogP contribution in [0.15, 0.2) is 30.3 Å². The number of fused-ring (bicyclic) bond motifs is 1. The van der Waals surface area contributed by atoms with Crippen molar-refractivity contribution in [2.75, 3.05) is 11.9 Å². The molecule has 0 amide bonds. The van der Waals surface area contributed by atoms with E-state index in [0.717, 1.165) is 18.0 Å². The van der Waals surface area contributed by atoms with Crippen molar-refractivity contribution in [1.29, 1.82) is 0 Å². The van der Waals surface area contributed by atoms with Gasteiger partial charge in [0, 0.05) is 18.2 Å². The van der Waals surface area contributed by atoms with E-state index in [4.69, 9.17) is 4.98 Å². The third-order valence-electron chi connectivity index (χ3n) is 5.75. The minimum Gasteiger partial charge on any atom is -0.356 e. The zero-order valence-corrected chi connectivity index (χ0v) is 19.1. The summed E-state index contributed by atoms with van der Waals surface area (Å²) in [6, 6.07) is 11.5. The first-order chi connectivity index (χ1) is 13.9. The van der Waals surface area contributed by atoms with Crippen LogP contribution < -0.4 is 5.32 Å². The average Bonchev–Trinajstić information content (AvgIpc) is 3.03. The molecule has 1 N–H and O–H groups in total. The number of hydrogen-bond donors (Lipinski definition) is 1. The second-order valence-corrected chi connectivity index (χ2v) is 8.69. The Morgan fingerprint density at radius 2 is 1.66 bits per heavy atom. The molecule has 0 fully saturated rings. The van der Waals surface area contributed by atoms with E-state index in [1.165, 1.54) is 65.4 Å². The van der Waals surface area contributed by atoms with Gasteiger partial charge in [0.1, 0.15) is 0 Å². The fourth-order valence-electron chi connectivity index (χ4n) is 4.50. The molecule has 1 heterocycles. The maximum atomic E-state index is 5.10. The number of aryl methyl sites for hydroxylation is 3. The Bertz CT molecular complexity index is 942. The van der Waals surface area contributed by atoms with Crippen LogP contribution in [0, 0.1) is 20.8 Å². The summed E-state index contributed by atoms with van der Waals surface area (Å²) in [5.41, 5.74) is 8.83. The highest BCUT2D eigenvalue weighted by atomic mass is 15.2. The lowest BCUT2D eigenvalue weighted by Crippen LogP contribution is -2.10. The van der Waals surface area contributed by atoms with Crippen molar-refractivity contribution in [2.24, 2.45) is 0 Å². The average molecular weight is 392 g/mol. The van der Waals surface area contributed by atoms with Crippen LogP contribution >= 0.6 is 0 Å². The van der Waals surface area contributed by atoms with Crippen molar-refractivity contribution in [3.05, 3.63) is 47.0 Å². The normalized spacial score (nSPS) is 11.6. The Hall–Kier alpha value is -2.29. The van der Waals surface area contributed by atoms with Gasteiger partial charge in [-0.2, -0.15) is 0 Å². The molecule has 0 spiro atoms. The van der Waals surface area contributed by atoms with Gasteiger partial charge in [-0.25, -0.2) is 4.98 Å². The van der Waals surface area contributed by atoms with Crippen molar-refractivity contribution < 1.29 is 0 Å². The monoisotopic (exact) mass is 391 g/mol. The van der Waals surface area contributed by atoms with Crippen LogP contribution in [-0.4, -0.2) is 16.1 Å². The Balaban J connectivity index is 1.98. The first kappa shape index (κ1) is 21.4. The summed E-state index contributed by atoms with van der Waals surface area (Å²) in [6.45, 7) is 14.3. The second kappa shape index (κ2) is 9.47. The summed E-state index contributed by atoms with van der Waals surface area (Å²) in [5, 5.41) is 3.63. The molecular formula is C26H37N3. The van der Waals surface area contributed by atoms with Gasteiger partial charge in [-0.15, -0.1) is 0 Å². The molecule has 3 rings (SSSR count). The Kier molecular flexibility index (Phi) is 7.00. The van der Waals surface area contributed by atoms with Crippen LogP contribution in [-0.2, 0) is 0 Å². The highest BCUT2D eigenvalue weighted by Crippen LogP contribution is 2.36. The summed E-state index contributed by atoms with van der Waals surface area (Å²) >= 11 is 0. The van der Waals surface area contributed by atoms with Crippen LogP contribution in [0.5, 0.6) is 0 Å². The molecule has 3 heteroatoms. The maximum absolute atomic E-state index is 5.10. The molecule has 0 atom stereocenters. The number of hydrogen-bond acceptors (Lipinski definition) is 2. The number of imidazole rings is 1. The summed E-state index contributed by atoms with van der Waals surface area (Å²) in [7, 11) is 0. The fourth-order valence-corrected chi connectivity index (χ4v) is 4.50. The van der Waals surface area contributed by atoms with Crippen molar-refractivity contribution in [3.8, 4) is 11.1 Å². The van der Waals surface area contributed by atoms with Gasteiger partial charge in [0.05, 0.1) is 11.0 Å². The van der Waals surface area contributed by atoms with Gasteiger partial charge in [-0.05, 0) is 63.8 Å². The lowest BCUT2D eigenvalue weighted by molar-refractivity contribution is 0.614. The topological polar surface area (TPSA) is 29.9 Å². The molecule has 156 valence electrons. The summed E-state index contributed by atoms with van der Waals surface area (Å²) < 4.78 is 2.35. The zero-order valence-electron chi connectivity index (χ0n) is 19.1. The van der Waals surface area contributed by atoms with E-state index in [0.29, 0.717) is 6.04 Å². The molecule has 3 nitrogen and oxygen atoms in total. The molecule has 1 aromatic heterocycles. The number of nitrogens with zero attached hydrogens (tertiary/aromatic N) is 2. The van der Waals surface area contributed by atoms with Gasteiger partial charge in [-0.3, -0.25) is 0 Å². The number of benzene rings is 2. The van der Waals surface area contributed by atoms with Crippen molar-refractivity contribution in [3.63, 3.8) is 0 Å². The van der Waals surface area contributed by atoms with Gasteiger partial charge in [0.2, 0.25) is 5.95 Å². The molecule has 29 heavy (non-hydrogen) atoms. The van der Waals surface area contributed by atoms with E-state index in [2.05, 4.69) is 81.8 Å². The highest BCUT2D eigenvalue weighted by molar-refractivity contribution is 5.95. The van der Waals surface area contributed by atoms with Crippen LogP contribution in [0.4, 0.5) is 5.95 Å². The third-order valence-corrected chi connectivity index (χ3v) is 5.75.